The Labute approximate surface area is 220 Å². The van der Waals surface area contributed by atoms with E-state index in [9.17, 15) is 18.0 Å². The van der Waals surface area contributed by atoms with Gasteiger partial charge in [-0.3, -0.25) is 13.9 Å². The molecule has 2 amide bonds. The highest BCUT2D eigenvalue weighted by Crippen LogP contribution is 2.27. The molecule has 0 bridgehead atoms. The Kier molecular flexibility index (Phi) is 11.2. The van der Waals surface area contributed by atoms with Gasteiger partial charge < -0.3 is 10.2 Å². The number of halogens is 1. The number of benzene rings is 2. The van der Waals surface area contributed by atoms with Crippen LogP contribution < -0.4 is 9.62 Å². The van der Waals surface area contributed by atoms with E-state index in [0.29, 0.717) is 30.2 Å². The second-order valence-corrected chi connectivity index (χ2v) is 11.5. The fourth-order valence-electron chi connectivity index (χ4n) is 3.96. The average Bonchev–Trinajstić information content (AvgIpc) is 2.81. The quantitative estimate of drug-likeness (QED) is 0.372. The van der Waals surface area contributed by atoms with E-state index in [4.69, 9.17) is 11.6 Å². The number of aryl methyl sites for hydroxylation is 2. The predicted octanol–water partition coefficient (Wildman–Crippen LogP) is 4.84. The number of carbonyl (C=O) groups is 2. The molecule has 0 heterocycles. The van der Waals surface area contributed by atoms with Crippen molar-refractivity contribution in [2.75, 3.05) is 23.7 Å². The number of amides is 2. The SMILES string of the molecule is CCCCNC(=O)C(C)N(Cc1cccc(C)c1)C(=O)CCCN(c1cc(Cl)ccc1C)S(C)(=O)=O. The zero-order valence-corrected chi connectivity index (χ0v) is 23.5. The van der Waals surface area contributed by atoms with E-state index in [0.717, 1.165) is 35.8 Å². The molecule has 1 atom stereocenters. The van der Waals surface area contributed by atoms with Crippen LogP contribution in [0, 0.1) is 13.8 Å². The van der Waals surface area contributed by atoms with Crippen LogP contribution in [-0.4, -0.2) is 50.5 Å². The Balaban J connectivity index is 2.18. The van der Waals surface area contributed by atoms with Gasteiger partial charge in [-0.15, -0.1) is 0 Å². The zero-order valence-electron chi connectivity index (χ0n) is 21.9. The van der Waals surface area contributed by atoms with Gasteiger partial charge in [-0.05, 0) is 56.9 Å². The monoisotopic (exact) mass is 535 g/mol. The van der Waals surface area contributed by atoms with Gasteiger partial charge in [0.05, 0.1) is 11.9 Å². The summed E-state index contributed by atoms with van der Waals surface area (Å²) >= 11 is 6.11. The standard InChI is InChI=1S/C27H38ClN3O4S/c1-6-7-15-29-27(33)22(4)30(19-23-11-8-10-20(2)17-23)26(32)12-9-16-31(36(5,34)35)25-18-24(28)14-13-21(25)3/h8,10-11,13-14,17-18,22H,6-7,9,12,15-16,19H2,1-5H3,(H,29,33). The van der Waals surface area contributed by atoms with E-state index in [1.54, 1.807) is 30.0 Å². The molecule has 198 valence electrons. The maximum Gasteiger partial charge on any atom is 0.242 e. The molecule has 0 aromatic heterocycles. The number of carbonyl (C=O) groups excluding carboxylic acids is 2. The van der Waals surface area contributed by atoms with Crippen LogP contribution in [0.1, 0.15) is 56.2 Å². The highest BCUT2D eigenvalue weighted by molar-refractivity contribution is 7.92. The van der Waals surface area contributed by atoms with E-state index in [2.05, 4.69) is 5.32 Å². The maximum absolute atomic E-state index is 13.4. The summed E-state index contributed by atoms with van der Waals surface area (Å²) in [5.41, 5.74) is 3.27. The van der Waals surface area contributed by atoms with Crippen LogP contribution in [0.15, 0.2) is 42.5 Å². The molecule has 0 aliphatic heterocycles. The van der Waals surface area contributed by atoms with Crippen LogP contribution in [0.25, 0.3) is 0 Å². The summed E-state index contributed by atoms with van der Waals surface area (Å²) in [4.78, 5) is 27.7. The Morgan fingerprint density at radius 1 is 1.08 bits per heavy atom. The van der Waals surface area contributed by atoms with Crippen molar-refractivity contribution in [2.45, 2.75) is 66.0 Å². The summed E-state index contributed by atoms with van der Waals surface area (Å²) in [7, 11) is -3.59. The fourth-order valence-corrected chi connectivity index (χ4v) is 5.14. The Bertz CT molecular complexity index is 1150. The minimum absolute atomic E-state index is 0.101. The molecule has 0 aliphatic carbocycles. The smallest absolute Gasteiger partial charge is 0.242 e. The minimum Gasteiger partial charge on any atom is -0.354 e. The lowest BCUT2D eigenvalue weighted by Crippen LogP contribution is -2.48. The van der Waals surface area contributed by atoms with Crippen molar-refractivity contribution in [1.29, 1.82) is 0 Å². The Morgan fingerprint density at radius 2 is 1.81 bits per heavy atom. The van der Waals surface area contributed by atoms with E-state index >= 15 is 0 Å². The third kappa shape index (κ3) is 8.82. The summed E-state index contributed by atoms with van der Waals surface area (Å²) in [5.74, 6) is -0.400. The number of rotatable bonds is 13. The van der Waals surface area contributed by atoms with Crippen molar-refractivity contribution in [3.8, 4) is 0 Å². The summed E-state index contributed by atoms with van der Waals surface area (Å²) in [5, 5.41) is 3.35. The van der Waals surface area contributed by atoms with Gasteiger partial charge in [0, 0.05) is 31.1 Å². The van der Waals surface area contributed by atoms with Gasteiger partial charge in [-0.1, -0.05) is 60.8 Å². The molecule has 0 saturated heterocycles. The number of hydrogen-bond donors (Lipinski definition) is 1. The Morgan fingerprint density at radius 3 is 2.44 bits per heavy atom. The number of nitrogens with zero attached hydrogens (tertiary/aromatic N) is 2. The third-order valence-corrected chi connectivity index (χ3v) is 7.44. The van der Waals surface area contributed by atoms with Crippen LogP contribution in [0.5, 0.6) is 0 Å². The van der Waals surface area contributed by atoms with Crippen molar-refractivity contribution in [3.05, 3.63) is 64.2 Å². The van der Waals surface area contributed by atoms with E-state index in [-0.39, 0.29) is 24.8 Å². The van der Waals surface area contributed by atoms with Gasteiger partial charge >= 0.3 is 0 Å². The van der Waals surface area contributed by atoms with Crippen molar-refractivity contribution >= 4 is 39.1 Å². The second-order valence-electron chi connectivity index (χ2n) is 9.20. The largest absolute Gasteiger partial charge is 0.354 e. The van der Waals surface area contributed by atoms with Crippen LogP contribution >= 0.6 is 11.6 Å². The molecule has 9 heteroatoms. The molecule has 0 spiro atoms. The van der Waals surface area contributed by atoms with Crippen LogP contribution in [-0.2, 0) is 26.2 Å². The minimum atomic E-state index is -3.59. The van der Waals surface area contributed by atoms with Crippen molar-refractivity contribution in [2.24, 2.45) is 0 Å². The number of nitrogens with one attached hydrogen (secondary N) is 1. The summed E-state index contributed by atoms with van der Waals surface area (Å²) in [6.07, 6.45) is 3.37. The molecule has 0 saturated carbocycles. The summed E-state index contributed by atoms with van der Waals surface area (Å²) in [6, 6.07) is 12.3. The number of hydrogen-bond acceptors (Lipinski definition) is 4. The van der Waals surface area contributed by atoms with Gasteiger partial charge in [0.1, 0.15) is 6.04 Å². The number of sulfonamides is 1. The number of unbranched alkanes of at least 4 members (excludes halogenated alkanes) is 1. The first-order valence-corrected chi connectivity index (χ1v) is 14.5. The number of anilines is 1. The van der Waals surface area contributed by atoms with E-state index < -0.39 is 16.1 Å². The maximum atomic E-state index is 13.4. The molecular weight excluding hydrogens is 498 g/mol. The first kappa shape index (κ1) is 29.6. The predicted molar refractivity (Wildman–Crippen MR) is 147 cm³/mol. The van der Waals surface area contributed by atoms with Gasteiger partial charge in [0.2, 0.25) is 21.8 Å². The van der Waals surface area contributed by atoms with Gasteiger partial charge in [-0.25, -0.2) is 8.42 Å². The van der Waals surface area contributed by atoms with Crippen LogP contribution in [0.4, 0.5) is 5.69 Å². The van der Waals surface area contributed by atoms with Crippen LogP contribution in [0.2, 0.25) is 5.02 Å². The molecule has 0 aliphatic rings. The Hall–Kier alpha value is -2.58. The molecule has 36 heavy (non-hydrogen) atoms. The lowest BCUT2D eigenvalue weighted by molar-refractivity contribution is -0.140. The molecule has 1 N–H and O–H groups in total. The molecule has 2 aromatic carbocycles. The van der Waals surface area contributed by atoms with Gasteiger partial charge in [-0.2, -0.15) is 0 Å². The normalized spacial score (nSPS) is 12.2. The van der Waals surface area contributed by atoms with Crippen molar-refractivity contribution in [3.63, 3.8) is 0 Å². The topological polar surface area (TPSA) is 86.8 Å². The molecule has 0 radical (unpaired) electrons. The average molecular weight is 536 g/mol. The lowest BCUT2D eigenvalue weighted by Gasteiger charge is -2.30. The zero-order chi connectivity index (χ0) is 26.9. The molecule has 1 unspecified atom stereocenters. The fraction of sp³-hybridized carbons (Fsp3) is 0.481. The van der Waals surface area contributed by atoms with Crippen molar-refractivity contribution in [1.82, 2.24) is 10.2 Å². The molecule has 2 aromatic rings. The lowest BCUT2D eigenvalue weighted by atomic mass is 10.1. The van der Waals surface area contributed by atoms with Crippen molar-refractivity contribution < 1.29 is 18.0 Å². The molecule has 7 nitrogen and oxygen atoms in total. The van der Waals surface area contributed by atoms with E-state index in [1.165, 1.54) is 4.31 Å². The molecule has 2 rings (SSSR count). The second kappa shape index (κ2) is 13.7. The first-order chi connectivity index (χ1) is 16.9. The third-order valence-electron chi connectivity index (χ3n) is 6.02. The van der Waals surface area contributed by atoms with E-state index in [1.807, 2.05) is 45.0 Å². The first-order valence-electron chi connectivity index (χ1n) is 12.3. The van der Waals surface area contributed by atoms with Gasteiger partial charge in [0.25, 0.3) is 0 Å². The highest BCUT2D eigenvalue weighted by Gasteiger charge is 2.27. The summed E-state index contributed by atoms with van der Waals surface area (Å²) in [6.45, 7) is 8.56. The summed E-state index contributed by atoms with van der Waals surface area (Å²) < 4.78 is 26.4. The highest BCUT2D eigenvalue weighted by atomic mass is 35.5. The van der Waals surface area contributed by atoms with Gasteiger partial charge in [0.15, 0.2) is 0 Å². The molecular formula is C27H38ClN3O4S. The molecule has 0 fully saturated rings. The van der Waals surface area contributed by atoms with Crippen LogP contribution in [0.3, 0.4) is 0 Å².